The Morgan fingerprint density at radius 2 is 2.00 bits per heavy atom. The monoisotopic (exact) mass is 181 g/mol. The molecule has 0 bridgehead atoms. The van der Waals surface area contributed by atoms with E-state index in [0.717, 1.165) is 11.5 Å². The molecule has 1 rings (SSSR count). The summed E-state index contributed by atoms with van der Waals surface area (Å²) in [7, 11) is 3.87. The van der Waals surface area contributed by atoms with Gasteiger partial charge in [-0.25, -0.2) is 4.98 Å². The van der Waals surface area contributed by atoms with Gasteiger partial charge in [-0.1, -0.05) is 0 Å². The van der Waals surface area contributed by atoms with E-state index in [0.29, 0.717) is 18.8 Å². The van der Waals surface area contributed by atoms with Gasteiger partial charge >= 0.3 is 0 Å². The van der Waals surface area contributed by atoms with E-state index >= 15 is 0 Å². The van der Waals surface area contributed by atoms with Crippen molar-refractivity contribution in [2.45, 2.75) is 13.3 Å². The Morgan fingerprint density at radius 1 is 1.31 bits per heavy atom. The molecule has 0 spiro atoms. The third kappa shape index (κ3) is 2.35. The molecule has 1 aromatic heterocycles. The van der Waals surface area contributed by atoms with Crippen molar-refractivity contribution in [2.75, 3.05) is 25.5 Å². The van der Waals surface area contributed by atoms with Gasteiger partial charge in [-0.05, 0) is 13.5 Å². The molecule has 0 fully saturated rings. The third-order valence-corrected chi connectivity index (χ3v) is 1.67. The molecule has 0 aliphatic carbocycles. The fourth-order valence-electron chi connectivity index (χ4n) is 1.06. The van der Waals surface area contributed by atoms with Gasteiger partial charge in [-0.3, -0.25) is 0 Å². The smallest absolute Gasteiger partial charge is 0.154 e. The molecule has 13 heavy (non-hydrogen) atoms. The lowest BCUT2D eigenvalue weighted by Crippen LogP contribution is -2.16. The summed E-state index contributed by atoms with van der Waals surface area (Å²) in [5, 5.41) is 7.95. The highest BCUT2D eigenvalue weighted by molar-refractivity contribution is 5.40. The summed E-state index contributed by atoms with van der Waals surface area (Å²) >= 11 is 0. The number of hydrogen-bond acceptors (Lipinski definition) is 5. The van der Waals surface area contributed by atoms with Crippen LogP contribution in [0.4, 0.5) is 5.82 Å². The van der Waals surface area contributed by atoms with Crippen LogP contribution in [0.15, 0.2) is 0 Å². The van der Waals surface area contributed by atoms with Crippen molar-refractivity contribution < 1.29 is 0 Å². The van der Waals surface area contributed by atoms with Crippen LogP contribution < -0.4 is 10.6 Å². The second-order valence-corrected chi connectivity index (χ2v) is 3.07. The van der Waals surface area contributed by atoms with Crippen molar-refractivity contribution >= 4 is 5.82 Å². The van der Waals surface area contributed by atoms with E-state index < -0.39 is 0 Å². The maximum Gasteiger partial charge on any atom is 0.154 e. The zero-order valence-electron chi connectivity index (χ0n) is 8.28. The standard InChI is InChI=1S/C8H15N5/c1-6-8(13(2)3)10-7(4-5-9)12-11-6/h4-5,9H2,1-3H3. The van der Waals surface area contributed by atoms with Crippen LogP contribution in [0, 0.1) is 6.92 Å². The second-order valence-electron chi connectivity index (χ2n) is 3.07. The van der Waals surface area contributed by atoms with Crippen molar-refractivity contribution in [1.29, 1.82) is 0 Å². The lowest BCUT2D eigenvalue weighted by Gasteiger charge is -2.13. The molecule has 0 aromatic carbocycles. The van der Waals surface area contributed by atoms with E-state index in [1.807, 2.05) is 25.9 Å². The van der Waals surface area contributed by atoms with Crippen molar-refractivity contribution in [2.24, 2.45) is 5.73 Å². The maximum atomic E-state index is 5.40. The first-order valence-electron chi connectivity index (χ1n) is 4.22. The number of aryl methyl sites for hydroxylation is 1. The van der Waals surface area contributed by atoms with Crippen molar-refractivity contribution in [3.05, 3.63) is 11.5 Å². The van der Waals surface area contributed by atoms with Gasteiger partial charge in [0.25, 0.3) is 0 Å². The first kappa shape index (κ1) is 9.85. The summed E-state index contributed by atoms with van der Waals surface area (Å²) < 4.78 is 0. The first-order chi connectivity index (χ1) is 6.15. The molecule has 0 amide bonds. The van der Waals surface area contributed by atoms with Gasteiger partial charge < -0.3 is 10.6 Å². The Labute approximate surface area is 78.0 Å². The number of anilines is 1. The number of rotatable bonds is 3. The first-order valence-corrected chi connectivity index (χ1v) is 4.22. The summed E-state index contributed by atoms with van der Waals surface area (Å²) in [6, 6.07) is 0. The molecule has 1 aromatic rings. The van der Waals surface area contributed by atoms with Crippen molar-refractivity contribution in [3.8, 4) is 0 Å². The van der Waals surface area contributed by atoms with Crippen LogP contribution in [0.5, 0.6) is 0 Å². The summed E-state index contributed by atoms with van der Waals surface area (Å²) in [4.78, 5) is 6.25. The van der Waals surface area contributed by atoms with E-state index in [1.165, 1.54) is 0 Å². The molecule has 0 saturated carbocycles. The lowest BCUT2D eigenvalue weighted by molar-refractivity contribution is 0.785. The summed E-state index contributed by atoms with van der Waals surface area (Å²) in [6.07, 6.45) is 0.675. The van der Waals surface area contributed by atoms with Gasteiger partial charge in [0, 0.05) is 20.5 Å². The molecule has 0 atom stereocenters. The fourth-order valence-corrected chi connectivity index (χ4v) is 1.06. The van der Waals surface area contributed by atoms with E-state index in [4.69, 9.17) is 5.73 Å². The highest BCUT2D eigenvalue weighted by Crippen LogP contribution is 2.10. The molecule has 2 N–H and O–H groups in total. The summed E-state index contributed by atoms with van der Waals surface area (Å²) in [5.41, 5.74) is 6.24. The minimum atomic E-state index is 0.553. The molecule has 72 valence electrons. The van der Waals surface area contributed by atoms with Crippen LogP contribution in [0.25, 0.3) is 0 Å². The largest absolute Gasteiger partial charge is 0.361 e. The highest BCUT2D eigenvalue weighted by atomic mass is 15.2. The van der Waals surface area contributed by atoms with Gasteiger partial charge in [0.2, 0.25) is 0 Å². The van der Waals surface area contributed by atoms with E-state index in [2.05, 4.69) is 15.2 Å². The van der Waals surface area contributed by atoms with E-state index in [-0.39, 0.29) is 0 Å². The number of nitrogens with zero attached hydrogens (tertiary/aromatic N) is 4. The minimum Gasteiger partial charge on any atom is -0.361 e. The predicted molar refractivity (Wildman–Crippen MR) is 51.6 cm³/mol. The van der Waals surface area contributed by atoms with Gasteiger partial charge in [0.15, 0.2) is 11.6 Å². The SMILES string of the molecule is Cc1nnc(CCN)nc1N(C)C. The normalized spacial score (nSPS) is 10.2. The Kier molecular flexibility index (Phi) is 3.13. The second kappa shape index (κ2) is 4.13. The number of hydrogen-bond donors (Lipinski definition) is 1. The average molecular weight is 181 g/mol. The summed E-state index contributed by atoms with van der Waals surface area (Å²) in [6.45, 7) is 2.44. The molecule has 1 heterocycles. The predicted octanol–water partition coefficient (Wildman–Crippen LogP) is -0.253. The van der Waals surface area contributed by atoms with Crippen LogP contribution in [-0.4, -0.2) is 35.8 Å². The Hall–Kier alpha value is -1.23. The molecule has 0 radical (unpaired) electrons. The minimum absolute atomic E-state index is 0.553. The van der Waals surface area contributed by atoms with Crippen LogP contribution in [0.2, 0.25) is 0 Å². The zero-order valence-corrected chi connectivity index (χ0v) is 8.28. The van der Waals surface area contributed by atoms with E-state index in [1.54, 1.807) is 0 Å². The van der Waals surface area contributed by atoms with Gasteiger partial charge in [-0.15, -0.1) is 5.10 Å². The molecule has 0 unspecified atom stereocenters. The number of nitrogens with two attached hydrogens (primary N) is 1. The molecule has 0 aliphatic heterocycles. The quantitative estimate of drug-likeness (QED) is 0.696. The van der Waals surface area contributed by atoms with Crippen LogP contribution in [0.1, 0.15) is 11.5 Å². The van der Waals surface area contributed by atoms with Gasteiger partial charge in [0.1, 0.15) is 5.69 Å². The maximum absolute atomic E-state index is 5.40. The topological polar surface area (TPSA) is 67.9 Å². The Morgan fingerprint density at radius 3 is 2.54 bits per heavy atom. The van der Waals surface area contributed by atoms with Crippen LogP contribution in [0.3, 0.4) is 0 Å². The number of aromatic nitrogens is 3. The van der Waals surface area contributed by atoms with Crippen LogP contribution in [-0.2, 0) is 6.42 Å². The fraction of sp³-hybridized carbons (Fsp3) is 0.625. The molecule has 0 saturated heterocycles. The molecule has 0 aliphatic rings. The summed E-state index contributed by atoms with van der Waals surface area (Å²) in [5.74, 6) is 1.57. The third-order valence-electron chi connectivity index (χ3n) is 1.67. The highest BCUT2D eigenvalue weighted by Gasteiger charge is 2.05. The Bertz CT molecular complexity index is 284. The Balaban J connectivity index is 2.97. The van der Waals surface area contributed by atoms with Gasteiger partial charge in [-0.2, -0.15) is 5.10 Å². The van der Waals surface area contributed by atoms with Gasteiger partial charge in [0.05, 0.1) is 0 Å². The molecule has 5 heteroatoms. The molecular formula is C8H15N5. The average Bonchev–Trinajstić information content (AvgIpc) is 2.08. The zero-order chi connectivity index (χ0) is 9.84. The molecule has 5 nitrogen and oxygen atoms in total. The van der Waals surface area contributed by atoms with Crippen LogP contribution >= 0.6 is 0 Å². The van der Waals surface area contributed by atoms with E-state index in [9.17, 15) is 0 Å². The van der Waals surface area contributed by atoms with Crippen molar-refractivity contribution in [3.63, 3.8) is 0 Å². The lowest BCUT2D eigenvalue weighted by atomic mass is 10.4. The molecular weight excluding hydrogens is 166 g/mol. The van der Waals surface area contributed by atoms with Crippen molar-refractivity contribution in [1.82, 2.24) is 15.2 Å².